The molecule has 2 atom stereocenters. The van der Waals surface area contributed by atoms with Crippen molar-refractivity contribution in [1.29, 1.82) is 0 Å². The molecule has 0 saturated heterocycles. The molecule has 0 aromatic heterocycles. The molecule has 0 fully saturated rings. The molecule has 16 heavy (non-hydrogen) atoms. The molecule has 0 amide bonds. The van der Waals surface area contributed by atoms with Gasteiger partial charge in [0.15, 0.2) is 0 Å². The third kappa shape index (κ3) is 6.37. The second kappa shape index (κ2) is 6.48. The number of halogens is 3. The monoisotopic (exact) mass is 278 g/mol. The highest BCUT2D eigenvalue weighted by Crippen LogP contribution is 2.30. The third-order valence-electron chi connectivity index (χ3n) is 1.68. The van der Waals surface area contributed by atoms with Gasteiger partial charge >= 0.3 is 11.5 Å². The Morgan fingerprint density at radius 3 is 2.25 bits per heavy atom. The van der Waals surface area contributed by atoms with Gasteiger partial charge in [-0.2, -0.15) is 13.2 Å². The van der Waals surface area contributed by atoms with Crippen LogP contribution in [0, 0.1) is 5.92 Å². The summed E-state index contributed by atoms with van der Waals surface area (Å²) in [6.07, 6.45) is 0. The summed E-state index contributed by atoms with van der Waals surface area (Å²) >= 11 is -0.283. The highest BCUT2D eigenvalue weighted by Gasteiger charge is 2.31. The molecule has 0 heterocycles. The van der Waals surface area contributed by atoms with Crippen LogP contribution in [0.15, 0.2) is 0 Å². The van der Waals surface area contributed by atoms with Crippen molar-refractivity contribution in [2.24, 2.45) is 5.92 Å². The molecule has 8 heteroatoms. The summed E-state index contributed by atoms with van der Waals surface area (Å²) in [4.78, 5) is 10.7. The molecule has 0 aromatic carbocycles. The minimum Gasteiger partial charge on any atom is -0.480 e. The number of thioether (sulfide) groups is 1. The van der Waals surface area contributed by atoms with E-state index in [1.165, 1.54) is 0 Å². The first-order chi connectivity index (χ1) is 7.15. The van der Waals surface area contributed by atoms with Gasteiger partial charge in [-0.3, -0.25) is 9.00 Å². The summed E-state index contributed by atoms with van der Waals surface area (Å²) in [6, 6.07) is 0. The molecule has 0 aromatic rings. The fourth-order valence-electron chi connectivity index (χ4n) is 1.07. The van der Waals surface area contributed by atoms with Crippen molar-refractivity contribution in [3.8, 4) is 0 Å². The zero-order chi connectivity index (χ0) is 12.9. The van der Waals surface area contributed by atoms with Crippen molar-refractivity contribution in [2.75, 3.05) is 11.5 Å². The van der Waals surface area contributed by atoms with Crippen LogP contribution in [0.4, 0.5) is 13.2 Å². The SMILES string of the molecule is CC(C)C(C(=O)O)S(=O)CCSC(F)(F)F. The molecule has 0 spiro atoms. The second-order valence-electron chi connectivity index (χ2n) is 3.38. The van der Waals surface area contributed by atoms with E-state index in [0.717, 1.165) is 0 Å². The van der Waals surface area contributed by atoms with Gasteiger partial charge in [-0.1, -0.05) is 25.6 Å². The minimum atomic E-state index is -4.36. The molecule has 0 bridgehead atoms. The van der Waals surface area contributed by atoms with Crippen molar-refractivity contribution >= 4 is 28.5 Å². The van der Waals surface area contributed by atoms with E-state index in [-0.39, 0.29) is 29.2 Å². The Labute approximate surface area is 98.2 Å². The molecular weight excluding hydrogens is 265 g/mol. The minimum absolute atomic E-state index is 0.265. The Kier molecular flexibility index (Phi) is 6.39. The van der Waals surface area contributed by atoms with Crippen molar-refractivity contribution in [3.05, 3.63) is 0 Å². The van der Waals surface area contributed by atoms with Gasteiger partial charge in [0.05, 0.1) is 0 Å². The predicted molar refractivity (Wildman–Crippen MR) is 57.8 cm³/mol. The molecule has 3 nitrogen and oxygen atoms in total. The van der Waals surface area contributed by atoms with Crippen LogP contribution in [0.2, 0.25) is 0 Å². The van der Waals surface area contributed by atoms with Crippen molar-refractivity contribution in [2.45, 2.75) is 24.6 Å². The molecule has 2 unspecified atom stereocenters. The van der Waals surface area contributed by atoms with E-state index >= 15 is 0 Å². The lowest BCUT2D eigenvalue weighted by Gasteiger charge is -2.15. The van der Waals surface area contributed by atoms with Gasteiger partial charge < -0.3 is 5.11 Å². The number of aliphatic carboxylic acids is 1. The van der Waals surface area contributed by atoms with Crippen LogP contribution >= 0.6 is 11.8 Å². The first kappa shape index (κ1) is 15.8. The average molecular weight is 278 g/mol. The summed E-state index contributed by atoms with van der Waals surface area (Å²) in [6.45, 7) is 3.15. The van der Waals surface area contributed by atoms with E-state index in [9.17, 15) is 22.2 Å². The van der Waals surface area contributed by atoms with E-state index in [0.29, 0.717) is 0 Å². The fraction of sp³-hybridized carbons (Fsp3) is 0.875. The summed E-state index contributed by atoms with van der Waals surface area (Å²) in [5.41, 5.74) is -4.36. The third-order valence-corrected chi connectivity index (χ3v) is 4.60. The Hall–Kier alpha value is -0.240. The number of carboxylic acids is 1. The Balaban J connectivity index is 4.18. The summed E-state index contributed by atoms with van der Waals surface area (Å²) in [5.74, 6) is -2.24. The van der Waals surface area contributed by atoms with Gasteiger partial charge in [-0.15, -0.1) is 0 Å². The number of hydrogen-bond donors (Lipinski definition) is 1. The summed E-state index contributed by atoms with van der Waals surface area (Å²) in [5, 5.41) is 7.65. The Morgan fingerprint density at radius 1 is 1.44 bits per heavy atom. The number of hydrogen-bond acceptors (Lipinski definition) is 3. The van der Waals surface area contributed by atoms with Crippen LogP contribution in [0.3, 0.4) is 0 Å². The molecule has 96 valence electrons. The lowest BCUT2D eigenvalue weighted by molar-refractivity contribution is -0.137. The molecule has 0 saturated carbocycles. The molecule has 0 aliphatic carbocycles. The van der Waals surface area contributed by atoms with Crippen molar-refractivity contribution < 1.29 is 27.3 Å². The quantitative estimate of drug-likeness (QED) is 0.808. The van der Waals surface area contributed by atoms with E-state index in [2.05, 4.69) is 0 Å². The van der Waals surface area contributed by atoms with Crippen molar-refractivity contribution in [1.82, 2.24) is 0 Å². The smallest absolute Gasteiger partial charge is 0.441 e. The normalized spacial score (nSPS) is 16.1. The van der Waals surface area contributed by atoms with Gasteiger partial charge in [0, 0.05) is 22.3 Å². The van der Waals surface area contributed by atoms with Gasteiger partial charge in [0.2, 0.25) is 0 Å². The molecule has 0 radical (unpaired) electrons. The number of carboxylic acid groups (broad SMARTS) is 1. The highest BCUT2D eigenvalue weighted by atomic mass is 32.2. The topological polar surface area (TPSA) is 54.4 Å². The first-order valence-electron chi connectivity index (χ1n) is 4.46. The maximum absolute atomic E-state index is 11.8. The summed E-state index contributed by atoms with van der Waals surface area (Å²) < 4.78 is 46.8. The number of carbonyl (C=O) groups is 1. The number of rotatable bonds is 6. The summed E-state index contributed by atoms with van der Waals surface area (Å²) in [7, 11) is -1.77. The van der Waals surface area contributed by atoms with Gasteiger partial charge in [0.25, 0.3) is 0 Å². The molecule has 1 N–H and O–H groups in total. The lowest BCUT2D eigenvalue weighted by Crippen LogP contribution is -2.33. The molecule has 0 aliphatic heterocycles. The van der Waals surface area contributed by atoms with E-state index in [1.54, 1.807) is 13.8 Å². The van der Waals surface area contributed by atoms with Gasteiger partial charge in [0.1, 0.15) is 5.25 Å². The maximum atomic E-state index is 11.8. The van der Waals surface area contributed by atoms with E-state index in [1.807, 2.05) is 0 Å². The Morgan fingerprint density at radius 2 is 1.94 bits per heavy atom. The highest BCUT2D eigenvalue weighted by molar-refractivity contribution is 8.01. The zero-order valence-electron chi connectivity index (χ0n) is 8.78. The van der Waals surface area contributed by atoms with Crippen molar-refractivity contribution in [3.63, 3.8) is 0 Å². The van der Waals surface area contributed by atoms with E-state index < -0.39 is 27.5 Å². The first-order valence-corrected chi connectivity index (χ1v) is 6.82. The van der Waals surface area contributed by atoms with Gasteiger partial charge in [-0.25, -0.2) is 0 Å². The second-order valence-corrected chi connectivity index (χ2v) is 6.22. The largest absolute Gasteiger partial charge is 0.480 e. The van der Waals surface area contributed by atoms with Crippen LogP contribution in [0.5, 0.6) is 0 Å². The van der Waals surface area contributed by atoms with E-state index in [4.69, 9.17) is 5.11 Å². The number of alkyl halides is 3. The standard InChI is InChI=1S/C8H13F3O3S2/c1-5(2)6(7(12)13)16(14)4-3-15-8(9,10)11/h5-6H,3-4H2,1-2H3,(H,12,13). The Bertz CT molecular complexity index is 266. The average Bonchev–Trinajstić information content (AvgIpc) is 1.99. The maximum Gasteiger partial charge on any atom is 0.441 e. The molecule has 0 aliphatic rings. The van der Waals surface area contributed by atoms with Crippen LogP contribution in [0.25, 0.3) is 0 Å². The van der Waals surface area contributed by atoms with Gasteiger partial charge in [-0.05, 0) is 5.92 Å². The lowest BCUT2D eigenvalue weighted by atomic mass is 10.1. The van der Waals surface area contributed by atoms with Crippen LogP contribution in [0.1, 0.15) is 13.8 Å². The van der Waals surface area contributed by atoms with Crippen LogP contribution in [-0.2, 0) is 15.6 Å². The zero-order valence-corrected chi connectivity index (χ0v) is 10.4. The fourth-order valence-corrected chi connectivity index (χ4v) is 3.38. The van der Waals surface area contributed by atoms with Crippen LogP contribution in [-0.4, -0.2) is 37.5 Å². The molecule has 0 rings (SSSR count). The predicted octanol–water partition coefficient (Wildman–Crippen LogP) is 2.10. The van der Waals surface area contributed by atoms with Crippen LogP contribution < -0.4 is 0 Å². The molecular formula is C8H13F3O3S2.